The third-order valence-corrected chi connectivity index (χ3v) is 2.00. The maximum atomic E-state index is 12.4. The van der Waals surface area contributed by atoms with E-state index in [0.717, 1.165) is 12.5 Å². The molecule has 1 aromatic heterocycles. The van der Waals surface area contributed by atoms with Crippen molar-refractivity contribution < 1.29 is 13.2 Å². The molecular weight excluding hydrogens is 207 g/mol. The Hall–Kier alpha value is -1.04. The van der Waals surface area contributed by atoms with E-state index in [9.17, 15) is 13.2 Å². The summed E-state index contributed by atoms with van der Waals surface area (Å²) >= 11 is 0. The van der Waals surface area contributed by atoms with Crippen molar-refractivity contribution in [2.24, 2.45) is 5.73 Å². The lowest BCUT2D eigenvalue weighted by molar-refractivity contribution is -0.141. The Kier molecular flexibility index (Phi) is 3.38. The van der Waals surface area contributed by atoms with Crippen molar-refractivity contribution in [3.8, 4) is 0 Å². The molecule has 15 heavy (non-hydrogen) atoms. The van der Waals surface area contributed by atoms with E-state index in [1.54, 1.807) is 6.92 Å². The van der Waals surface area contributed by atoms with Gasteiger partial charge in [0, 0.05) is 12.6 Å². The molecule has 0 aromatic carbocycles. The number of halogens is 3. The van der Waals surface area contributed by atoms with E-state index >= 15 is 0 Å². The van der Waals surface area contributed by atoms with Crippen LogP contribution >= 0.6 is 0 Å². The largest absolute Gasteiger partial charge is 0.435 e. The fourth-order valence-corrected chi connectivity index (χ4v) is 1.33. The van der Waals surface area contributed by atoms with Gasteiger partial charge in [0.25, 0.3) is 0 Å². The number of aryl methyl sites for hydroxylation is 1. The first-order valence-electron chi connectivity index (χ1n) is 4.76. The molecule has 0 spiro atoms. The molecule has 6 heteroatoms. The lowest BCUT2D eigenvalue weighted by Gasteiger charge is -2.07. The van der Waals surface area contributed by atoms with Gasteiger partial charge in [-0.1, -0.05) is 6.92 Å². The van der Waals surface area contributed by atoms with Crippen LogP contribution in [0.4, 0.5) is 13.2 Å². The SMILES string of the molecule is CCCn1nc(C(F)(F)F)cc1[C@H](C)N. The highest BCUT2D eigenvalue weighted by atomic mass is 19.4. The summed E-state index contributed by atoms with van der Waals surface area (Å²) in [5.41, 5.74) is 5.12. The van der Waals surface area contributed by atoms with Gasteiger partial charge in [-0.15, -0.1) is 0 Å². The van der Waals surface area contributed by atoms with Gasteiger partial charge in [-0.05, 0) is 19.4 Å². The lowest BCUT2D eigenvalue weighted by atomic mass is 10.2. The van der Waals surface area contributed by atoms with Gasteiger partial charge < -0.3 is 5.73 Å². The zero-order chi connectivity index (χ0) is 11.6. The highest BCUT2D eigenvalue weighted by Gasteiger charge is 2.35. The predicted molar refractivity (Wildman–Crippen MR) is 50.1 cm³/mol. The number of rotatable bonds is 3. The molecule has 2 N–H and O–H groups in total. The number of nitrogens with zero attached hydrogens (tertiary/aromatic N) is 2. The quantitative estimate of drug-likeness (QED) is 0.851. The summed E-state index contributed by atoms with van der Waals surface area (Å²) in [6, 6.07) is 0.570. The van der Waals surface area contributed by atoms with Crippen LogP contribution in [0.3, 0.4) is 0 Å². The van der Waals surface area contributed by atoms with Gasteiger partial charge in [-0.25, -0.2) is 0 Å². The maximum absolute atomic E-state index is 12.4. The number of alkyl halides is 3. The Balaban J connectivity index is 3.09. The Labute approximate surface area is 86.1 Å². The van der Waals surface area contributed by atoms with Gasteiger partial charge in [-0.2, -0.15) is 18.3 Å². The standard InChI is InChI=1S/C9H14F3N3/c1-3-4-15-7(6(2)13)5-8(14-15)9(10,11)12/h5-6H,3-4,13H2,1-2H3/t6-/m0/s1. The average molecular weight is 221 g/mol. The summed E-state index contributed by atoms with van der Waals surface area (Å²) in [4.78, 5) is 0. The van der Waals surface area contributed by atoms with E-state index in [-0.39, 0.29) is 0 Å². The summed E-state index contributed by atoms with van der Waals surface area (Å²) in [6.45, 7) is 3.97. The van der Waals surface area contributed by atoms with Crippen molar-refractivity contribution in [2.45, 2.75) is 39.0 Å². The van der Waals surface area contributed by atoms with E-state index in [4.69, 9.17) is 5.73 Å². The van der Waals surface area contributed by atoms with Gasteiger partial charge in [-0.3, -0.25) is 4.68 Å². The van der Waals surface area contributed by atoms with Gasteiger partial charge in [0.15, 0.2) is 5.69 Å². The van der Waals surface area contributed by atoms with E-state index in [1.165, 1.54) is 4.68 Å². The Morgan fingerprint density at radius 1 is 1.53 bits per heavy atom. The van der Waals surface area contributed by atoms with Crippen molar-refractivity contribution in [3.05, 3.63) is 17.5 Å². The highest BCUT2D eigenvalue weighted by molar-refractivity contribution is 5.15. The molecule has 0 amide bonds. The highest BCUT2D eigenvalue weighted by Crippen LogP contribution is 2.29. The molecule has 0 aliphatic rings. The maximum Gasteiger partial charge on any atom is 0.435 e. The zero-order valence-electron chi connectivity index (χ0n) is 8.67. The first-order valence-corrected chi connectivity index (χ1v) is 4.76. The van der Waals surface area contributed by atoms with Crippen LogP contribution in [-0.4, -0.2) is 9.78 Å². The van der Waals surface area contributed by atoms with Crippen molar-refractivity contribution in [1.82, 2.24) is 9.78 Å². The van der Waals surface area contributed by atoms with Crippen molar-refractivity contribution in [3.63, 3.8) is 0 Å². The molecule has 0 saturated heterocycles. The summed E-state index contributed by atoms with van der Waals surface area (Å²) in [5, 5.41) is 3.50. The average Bonchev–Trinajstić information content (AvgIpc) is 2.48. The molecule has 0 aliphatic carbocycles. The van der Waals surface area contributed by atoms with Crippen LogP contribution in [0.25, 0.3) is 0 Å². The van der Waals surface area contributed by atoms with Crippen LogP contribution in [0.15, 0.2) is 6.07 Å². The second-order valence-corrected chi connectivity index (χ2v) is 3.46. The number of hydrogen-bond acceptors (Lipinski definition) is 2. The predicted octanol–water partition coefficient (Wildman–Crippen LogP) is 2.33. The smallest absolute Gasteiger partial charge is 0.323 e. The van der Waals surface area contributed by atoms with E-state index in [2.05, 4.69) is 5.10 Å². The summed E-state index contributed by atoms with van der Waals surface area (Å²) in [5.74, 6) is 0. The van der Waals surface area contributed by atoms with Crippen LogP contribution in [0.2, 0.25) is 0 Å². The molecule has 0 bridgehead atoms. The number of nitrogens with two attached hydrogens (primary N) is 1. The fourth-order valence-electron chi connectivity index (χ4n) is 1.33. The van der Waals surface area contributed by atoms with E-state index in [1.807, 2.05) is 6.92 Å². The van der Waals surface area contributed by atoms with Gasteiger partial charge in [0.1, 0.15) is 0 Å². The van der Waals surface area contributed by atoms with E-state index in [0.29, 0.717) is 12.2 Å². The molecular formula is C9H14F3N3. The van der Waals surface area contributed by atoms with Crippen molar-refractivity contribution in [2.75, 3.05) is 0 Å². The molecule has 0 fully saturated rings. The summed E-state index contributed by atoms with van der Waals surface area (Å²) in [7, 11) is 0. The Morgan fingerprint density at radius 3 is 2.53 bits per heavy atom. The van der Waals surface area contributed by atoms with Crippen LogP contribution in [0.5, 0.6) is 0 Å². The van der Waals surface area contributed by atoms with Gasteiger partial charge in [0.2, 0.25) is 0 Å². The first kappa shape index (κ1) is 12.0. The minimum atomic E-state index is -4.40. The monoisotopic (exact) mass is 221 g/mol. The lowest BCUT2D eigenvalue weighted by Crippen LogP contribution is -2.13. The van der Waals surface area contributed by atoms with Crippen LogP contribution < -0.4 is 5.73 Å². The number of aromatic nitrogens is 2. The molecule has 1 aromatic rings. The van der Waals surface area contributed by atoms with Gasteiger partial charge >= 0.3 is 6.18 Å². The third kappa shape index (κ3) is 2.71. The zero-order valence-corrected chi connectivity index (χ0v) is 8.67. The molecule has 1 heterocycles. The molecule has 1 rings (SSSR count). The first-order chi connectivity index (χ1) is 6.86. The molecule has 0 saturated carbocycles. The van der Waals surface area contributed by atoms with E-state index < -0.39 is 17.9 Å². The fraction of sp³-hybridized carbons (Fsp3) is 0.667. The summed E-state index contributed by atoms with van der Waals surface area (Å²) < 4.78 is 38.4. The minimum Gasteiger partial charge on any atom is -0.323 e. The molecule has 0 radical (unpaired) electrons. The number of hydrogen-bond donors (Lipinski definition) is 1. The van der Waals surface area contributed by atoms with Crippen LogP contribution in [0, 0.1) is 0 Å². The van der Waals surface area contributed by atoms with Crippen LogP contribution in [0.1, 0.15) is 37.7 Å². The molecule has 0 unspecified atom stereocenters. The van der Waals surface area contributed by atoms with Crippen molar-refractivity contribution >= 4 is 0 Å². The molecule has 86 valence electrons. The second kappa shape index (κ2) is 4.22. The Morgan fingerprint density at radius 2 is 2.13 bits per heavy atom. The molecule has 0 aliphatic heterocycles. The molecule has 1 atom stereocenters. The normalized spacial score (nSPS) is 14.3. The van der Waals surface area contributed by atoms with Crippen molar-refractivity contribution in [1.29, 1.82) is 0 Å². The summed E-state index contributed by atoms with van der Waals surface area (Å²) in [6.07, 6.45) is -3.68. The Bertz CT molecular complexity index is 328. The van der Waals surface area contributed by atoms with Crippen LogP contribution in [-0.2, 0) is 12.7 Å². The minimum absolute atomic E-state index is 0.421. The van der Waals surface area contributed by atoms with Gasteiger partial charge in [0.05, 0.1) is 5.69 Å². The second-order valence-electron chi connectivity index (χ2n) is 3.46. The topological polar surface area (TPSA) is 43.8 Å². The molecule has 3 nitrogen and oxygen atoms in total. The third-order valence-electron chi connectivity index (χ3n) is 2.00.